The van der Waals surface area contributed by atoms with Crippen molar-refractivity contribution in [3.8, 4) is 5.75 Å². The van der Waals surface area contributed by atoms with Crippen LogP contribution in [0.15, 0.2) is 30.5 Å². The summed E-state index contributed by atoms with van der Waals surface area (Å²) in [5.41, 5.74) is 2.01. The van der Waals surface area contributed by atoms with E-state index in [1.807, 2.05) is 37.4 Å². The number of methoxy groups -OCH3 is 1. The summed E-state index contributed by atoms with van der Waals surface area (Å²) in [5.74, 6) is 1.81. The predicted molar refractivity (Wildman–Crippen MR) is 94.5 cm³/mol. The molecule has 1 aromatic carbocycles. The normalized spacial score (nSPS) is 17.6. The molecular weight excluding hydrogens is 318 g/mol. The van der Waals surface area contributed by atoms with E-state index < -0.39 is 6.10 Å². The zero-order chi connectivity index (χ0) is 17.8. The van der Waals surface area contributed by atoms with E-state index in [4.69, 9.17) is 9.47 Å². The highest BCUT2D eigenvalue weighted by Crippen LogP contribution is 2.16. The molecule has 0 bridgehead atoms. The van der Waals surface area contributed by atoms with E-state index in [0.29, 0.717) is 6.61 Å². The van der Waals surface area contributed by atoms with Gasteiger partial charge in [0.2, 0.25) is 5.91 Å². The largest absolute Gasteiger partial charge is 0.497 e. The van der Waals surface area contributed by atoms with Crippen LogP contribution in [0.5, 0.6) is 5.75 Å². The molecule has 1 N–H and O–H groups in total. The Morgan fingerprint density at radius 1 is 1.48 bits per heavy atom. The number of hydrogen-bond donors (Lipinski definition) is 1. The summed E-state index contributed by atoms with van der Waals surface area (Å²) in [4.78, 5) is 16.9. The Balaban J connectivity index is 1.49. The van der Waals surface area contributed by atoms with Gasteiger partial charge in [0, 0.05) is 25.2 Å². The number of rotatable bonds is 6. The van der Waals surface area contributed by atoms with Gasteiger partial charge in [0.15, 0.2) is 0 Å². The number of aromatic nitrogens is 2. The number of benzene rings is 1. The Morgan fingerprint density at radius 2 is 2.32 bits per heavy atom. The van der Waals surface area contributed by atoms with Gasteiger partial charge < -0.3 is 19.4 Å². The summed E-state index contributed by atoms with van der Waals surface area (Å²) in [5, 5.41) is 3.09. The van der Waals surface area contributed by atoms with E-state index in [0.717, 1.165) is 42.2 Å². The highest BCUT2D eigenvalue weighted by Gasteiger charge is 2.23. The van der Waals surface area contributed by atoms with E-state index >= 15 is 0 Å². The molecule has 6 heteroatoms. The van der Waals surface area contributed by atoms with Gasteiger partial charge in [-0.3, -0.25) is 4.79 Å². The number of amides is 1. The van der Waals surface area contributed by atoms with Crippen molar-refractivity contribution in [1.82, 2.24) is 14.9 Å². The molecule has 0 unspecified atom stereocenters. The van der Waals surface area contributed by atoms with Gasteiger partial charge in [-0.25, -0.2) is 4.98 Å². The predicted octanol–water partition coefficient (Wildman–Crippen LogP) is 2.24. The average molecular weight is 343 g/mol. The summed E-state index contributed by atoms with van der Waals surface area (Å²) in [7, 11) is 1.63. The van der Waals surface area contributed by atoms with Crippen molar-refractivity contribution in [2.75, 3.05) is 7.11 Å². The number of hydrogen-bond acceptors (Lipinski definition) is 4. The number of carbonyl (C=O) groups excluding carboxylic acids is 1. The molecule has 2 atom stereocenters. The number of imidazole rings is 1. The molecule has 0 saturated heterocycles. The van der Waals surface area contributed by atoms with Gasteiger partial charge in [-0.2, -0.15) is 0 Å². The molecule has 25 heavy (non-hydrogen) atoms. The molecule has 2 aromatic rings. The Bertz CT molecular complexity index is 741. The summed E-state index contributed by atoms with van der Waals surface area (Å²) in [6.45, 7) is 4.92. The van der Waals surface area contributed by atoms with Crippen LogP contribution in [0.4, 0.5) is 0 Å². The zero-order valence-corrected chi connectivity index (χ0v) is 15.0. The SMILES string of the molecule is COc1cccc(CO[C@@H](C)C(=O)N[C@@H]2CCc3nc(C)cn3C2)c1. The molecule has 134 valence electrons. The standard InChI is InChI=1S/C19H25N3O3/c1-13-10-22-11-16(7-8-18(22)20-13)21-19(23)14(2)25-12-15-5-4-6-17(9-15)24-3/h4-6,9-10,14,16H,7-8,11-12H2,1-3H3,(H,21,23)/t14-,16+/m0/s1. The van der Waals surface area contributed by atoms with Crippen molar-refractivity contribution >= 4 is 5.91 Å². The van der Waals surface area contributed by atoms with Crippen molar-refractivity contribution in [3.05, 3.63) is 47.5 Å². The lowest BCUT2D eigenvalue weighted by molar-refractivity contribution is -0.133. The van der Waals surface area contributed by atoms with Gasteiger partial charge in [-0.15, -0.1) is 0 Å². The number of nitrogens with one attached hydrogen (secondary N) is 1. The van der Waals surface area contributed by atoms with Crippen LogP contribution in [0, 0.1) is 6.92 Å². The lowest BCUT2D eigenvalue weighted by Gasteiger charge is -2.26. The molecule has 3 rings (SSSR count). The van der Waals surface area contributed by atoms with Crippen molar-refractivity contribution < 1.29 is 14.3 Å². The summed E-state index contributed by atoms with van der Waals surface area (Å²) >= 11 is 0. The number of ether oxygens (including phenoxy) is 2. The second kappa shape index (κ2) is 7.70. The Labute approximate surface area is 148 Å². The van der Waals surface area contributed by atoms with Gasteiger partial charge in [-0.1, -0.05) is 12.1 Å². The minimum atomic E-state index is -0.503. The first-order valence-corrected chi connectivity index (χ1v) is 8.62. The fraction of sp³-hybridized carbons (Fsp3) is 0.474. The van der Waals surface area contributed by atoms with Crippen LogP contribution in [0.3, 0.4) is 0 Å². The maximum atomic E-state index is 12.4. The number of fused-ring (bicyclic) bond motifs is 1. The molecule has 6 nitrogen and oxygen atoms in total. The first-order valence-electron chi connectivity index (χ1n) is 8.62. The van der Waals surface area contributed by atoms with E-state index in [2.05, 4.69) is 14.9 Å². The molecule has 1 aliphatic heterocycles. The van der Waals surface area contributed by atoms with Crippen LogP contribution in [0.1, 0.15) is 30.4 Å². The Morgan fingerprint density at radius 3 is 3.12 bits per heavy atom. The third-order valence-corrected chi connectivity index (χ3v) is 4.46. The maximum Gasteiger partial charge on any atom is 0.249 e. The molecule has 1 aromatic heterocycles. The molecule has 2 heterocycles. The van der Waals surface area contributed by atoms with E-state index in [1.54, 1.807) is 14.0 Å². The monoisotopic (exact) mass is 343 g/mol. The fourth-order valence-electron chi connectivity index (χ4n) is 3.08. The third kappa shape index (κ3) is 4.39. The minimum absolute atomic E-state index is 0.0758. The number of carbonyl (C=O) groups is 1. The number of nitrogens with zero attached hydrogens (tertiary/aromatic N) is 2. The second-order valence-corrected chi connectivity index (χ2v) is 6.50. The van der Waals surface area contributed by atoms with Gasteiger partial charge >= 0.3 is 0 Å². The van der Waals surface area contributed by atoms with Gasteiger partial charge in [-0.05, 0) is 38.0 Å². The van der Waals surface area contributed by atoms with Gasteiger partial charge in [0.25, 0.3) is 0 Å². The molecular formula is C19H25N3O3. The van der Waals surface area contributed by atoms with Crippen LogP contribution >= 0.6 is 0 Å². The first-order chi connectivity index (χ1) is 12.0. The van der Waals surface area contributed by atoms with Crippen molar-refractivity contribution in [2.24, 2.45) is 0 Å². The Hall–Kier alpha value is -2.34. The maximum absolute atomic E-state index is 12.4. The number of aryl methyl sites for hydroxylation is 2. The molecule has 0 fully saturated rings. The summed E-state index contributed by atoms with van der Waals surface area (Å²) in [6.07, 6.45) is 3.33. The van der Waals surface area contributed by atoms with Gasteiger partial charge in [0.05, 0.1) is 19.4 Å². The van der Waals surface area contributed by atoms with Gasteiger partial charge in [0.1, 0.15) is 17.7 Å². The van der Waals surface area contributed by atoms with Crippen LogP contribution in [-0.4, -0.2) is 34.7 Å². The van der Waals surface area contributed by atoms with Crippen LogP contribution < -0.4 is 10.1 Å². The van der Waals surface area contributed by atoms with Crippen molar-refractivity contribution in [1.29, 1.82) is 0 Å². The van der Waals surface area contributed by atoms with E-state index in [-0.39, 0.29) is 11.9 Å². The van der Waals surface area contributed by atoms with E-state index in [1.165, 1.54) is 0 Å². The van der Waals surface area contributed by atoms with Crippen LogP contribution in [-0.2, 0) is 29.1 Å². The molecule has 0 radical (unpaired) electrons. The highest BCUT2D eigenvalue weighted by atomic mass is 16.5. The molecule has 0 aliphatic carbocycles. The van der Waals surface area contributed by atoms with Crippen LogP contribution in [0.2, 0.25) is 0 Å². The quantitative estimate of drug-likeness (QED) is 0.874. The molecule has 0 saturated carbocycles. The fourth-order valence-corrected chi connectivity index (χ4v) is 3.08. The highest BCUT2D eigenvalue weighted by molar-refractivity contribution is 5.80. The Kier molecular flexibility index (Phi) is 5.38. The summed E-state index contributed by atoms with van der Waals surface area (Å²) < 4.78 is 13.0. The van der Waals surface area contributed by atoms with Crippen molar-refractivity contribution in [2.45, 2.75) is 52.0 Å². The second-order valence-electron chi connectivity index (χ2n) is 6.50. The average Bonchev–Trinajstić information content (AvgIpc) is 2.99. The minimum Gasteiger partial charge on any atom is -0.497 e. The molecule has 1 amide bonds. The first kappa shape index (κ1) is 17.5. The third-order valence-electron chi connectivity index (χ3n) is 4.46. The van der Waals surface area contributed by atoms with E-state index in [9.17, 15) is 4.79 Å². The zero-order valence-electron chi connectivity index (χ0n) is 15.0. The lowest BCUT2D eigenvalue weighted by atomic mass is 10.1. The summed E-state index contributed by atoms with van der Waals surface area (Å²) in [6, 6.07) is 7.78. The van der Waals surface area contributed by atoms with Crippen molar-refractivity contribution in [3.63, 3.8) is 0 Å². The lowest BCUT2D eigenvalue weighted by Crippen LogP contribution is -2.45. The molecule has 0 spiro atoms. The molecule has 1 aliphatic rings. The van der Waals surface area contributed by atoms with Crippen LogP contribution in [0.25, 0.3) is 0 Å². The topological polar surface area (TPSA) is 65.4 Å². The smallest absolute Gasteiger partial charge is 0.249 e.